The zero-order valence-electron chi connectivity index (χ0n) is 11.1. The molecule has 5 nitrogen and oxygen atoms in total. The van der Waals surface area contributed by atoms with E-state index < -0.39 is 0 Å². The molecule has 0 radical (unpaired) electrons. The van der Waals surface area contributed by atoms with Crippen LogP contribution in [-0.2, 0) is 11.2 Å². The summed E-state index contributed by atoms with van der Waals surface area (Å²) in [5.41, 5.74) is 1.52. The van der Waals surface area contributed by atoms with Gasteiger partial charge in [-0.2, -0.15) is 0 Å². The topological polar surface area (TPSA) is 65.7 Å². The van der Waals surface area contributed by atoms with E-state index in [0.717, 1.165) is 17.4 Å². The standard InChI is InChI=1S/C16H12O5/c17-6-5-12-9-16-15(20-10-21-16)8-11(12)3-4-13(18)14-2-1-7-19-14/h1-4,6-9H,5,10H2/b4-3+. The molecule has 2 heterocycles. The number of furan rings is 1. The summed E-state index contributed by atoms with van der Waals surface area (Å²) in [5.74, 6) is 1.25. The molecule has 2 aromatic rings. The third-order valence-corrected chi connectivity index (χ3v) is 3.12. The van der Waals surface area contributed by atoms with Crippen LogP contribution < -0.4 is 9.47 Å². The summed E-state index contributed by atoms with van der Waals surface area (Å²) in [4.78, 5) is 22.6. The smallest absolute Gasteiger partial charge is 0.231 e. The van der Waals surface area contributed by atoms with Crippen molar-refractivity contribution in [2.45, 2.75) is 6.42 Å². The summed E-state index contributed by atoms with van der Waals surface area (Å²) in [6.07, 6.45) is 5.55. The molecule has 0 bridgehead atoms. The molecule has 3 rings (SSSR count). The van der Waals surface area contributed by atoms with Crippen molar-refractivity contribution in [1.82, 2.24) is 0 Å². The van der Waals surface area contributed by atoms with Crippen molar-refractivity contribution in [3.63, 3.8) is 0 Å². The SMILES string of the molecule is O=CCc1cc2c(cc1/C=C/C(=O)c1ccco1)OCO2. The quantitative estimate of drug-likeness (QED) is 0.480. The lowest BCUT2D eigenvalue weighted by atomic mass is 10.0. The average molecular weight is 284 g/mol. The fourth-order valence-corrected chi connectivity index (χ4v) is 2.09. The van der Waals surface area contributed by atoms with E-state index in [2.05, 4.69) is 0 Å². The number of aldehydes is 1. The van der Waals surface area contributed by atoms with Gasteiger partial charge >= 0.3 is 0 Å². The number of ether oxygens (including phenoxy) is 2. The maximum absolute atomic E-state index is 11.9. The number of hydrogen-bond donors (Lipinski definition) is 0. The predicted octanol–water partition coefficient (Wildman–Crippen LogP) is 2.65. The highest BCUT2D eigenvalue weighted by atomic mass is 16.7. The Hall–Kier alpha value is -2.82. The van der Waals surface area contributed by atoms with Gasteiger partial charge in [0.2, 0.25) is 12.6 Å². The lowest BCUT2D eigenvalue weighted by Crippen LogP contribution is -1.94. The van der Waals surface area contributed by atoms with E-state index in [1.54, 1.807) is 30.3 Å². The van der Waals surface area contributed by atoms with Crippen LogP contribution in [0, 0.1) is 0 Å². The van der Waals surface area contributed by atoms with Crippen molar-refractivity contribution in [3.05, 3.63) is 53.5 Å². The number of carbonyl (C=O) groups excluding carboxylic acids is 2. The fourth-order valence-electron chi connectivity index (χ4n) is 2.09. The summed E-state index contributed by atoms with van der Waals surface area (Å²) in [6, 6.07) is 6.76. The summed E-state index contributed by atoms with van der Waals surface area (Å²) in [5, 5.41) is 0. The minimum Gasteiger partial charge on any atom is -0.461 e. The zero-order chi connectivity index (χ0) is 14.7. The predicted molar refractivity (Wildman–Crippen MR) is 74.4 cm³/mol. The van der Waals surface area contributed by atoms with E-state index in [0.29, 0.717) is 11.5 Å². The molecule has 106 valence electrons. The van der Waals surface area contributed by atoms with Crippen molar-refractivity contribution in [1.29, 1.82) is 0 Å². The Labute approximate surface area is 120 Å². The van der Waals surface area contributed by atoms with Gasteiger partial charge in [0.25, 0.3) is 0 Å². The number of ketones is 1. The molecule has 0 saturated heterocycles. The molecule has 0 atom stereocenters. The number of benzene rings is 1. The van der Waals surface area contributed by atoms with E-state index in [4.69, 9.17) is 13.9 Å². The number of hydrogen-bond acceptors (Lipinski definition) is 5. The first-order chi connectivity index (χ1) is 10.3. The van der Waals surface area contributed by atoms with Crippen LogP contribution in [0.25, 0.3) is 6.08 Å². The van der Waals surface area contributed by atoms with Gasteiger partial charge in [-0.05, 0) is 41.5 Å². The second-order valence-corrected chi connectivity index (χ2v) is 4.45. The van der Waals surface area contributed by atoms with Crippen molar-refractivity contribution in [3.8, 4) is 11.5 Å². The second-order valence-electron chi connectivity index (χ2n) is 4.45. The van der Waals surface area contributed by atoms with E-state index in [9.17, 15) is 9.59 Å². The first kappa shape index (κ1) is 13.2. The van der Waals surface area contributed by atoms with E-state index in [1.165, 1.54) is 12.3 Å². The lowest BCUT2D eigenvalue weighted by molar-refractivity contribution is -0.107. The van der Waals surface area contributed by atoms with Gasteiger partial charge in [0.1, 0.15) is 6.29 Å². The molecule has 0 amide bonds. The van der Waals surface area contributed by atoms with Crippen LogP contribution in [0.15, 0.2) is 41.0 Å². The number of carbonyl (C=O) groups is 2. The maximum Gasteiger partial charge on any atom is 0.231 e. The van der Waals surface area contributed by atoms with Gasteiger partial charge in [-0.25, -0.2) is 0 Å². The second kappa shape index (κ2) is 5.66. The molecule has 0 N–H and O–H groups in total. The zero-order valence-corrected chi connectivity index (χ0v) is 11.1. The minimum atomic E-state index is -0.241. The Bertz CT molecular complexity index is 698. The molecule has 0 aliphatic carbocycles. The molecule has 0 fully saturated rings. The largest absolute Gasteiger partial charge is 0.461 e. The van der Waals surface area contributed by atoms with Crippen LogP contribution in [-0.4, -0.2) is 18.9 Å². The molecular weight excluding hydrogens is 272 g/mol. The third kappa shape index (κ3) is 2.72. The van der Waals surface area contributed by atoms with Crippen LogP contribution >= 0.6 is 0 Å². The first-order valence-electron chi connectivity index (χ1n) is 6.40. The molecule has 5 heteroatoms. The molecule has 1 aliphatic rings. The first-order valence-corrected chi connectivity index (χ1v) is 6.40. The average Bonchev–Trinajstić information content (AvgIpc) is 3.15. The van der Waals surface area contributed by atoms with E-state index in [-0.39, 0.29) is 24.8 Å². The van der Waals surface area contributed by atoms with Crippen molar-refractivity contribution >= 4 is 18.1 Å². The van der Waals surface area contributed by atoms with E-state index >= 15 is 0 Å². The fraction of sp³-hybridized carbons (Fsp3) is 0.125. The Morgan fingerprint density at radius 3 is 2.76 bits per heavy atom. The molecule has 21 heavy (non-hydrogen) atoms. The van der Waals surface area contributed by atoms with Crippen LogP contribution in [0.2, 0.25) is 0 Å². The highest BCUT2D eigenvalue weighted by Crippen LogP contribution is 2.35. The molecule has 0 unspecified atom stereocenters. The summed E-state index contributed by atoms with van der Waals surface area (Å²) in [6.45, 7) is 0.161. The van der Waals surface area contributed by atoms with E-state index in [1.807, 2.05) is 0 Å². The summed E-state index contributed by atoms with van der Waals surface area (Å²) < 4.78 is 15.6. The van der Waals surface area contributed by atoms with Gasteiger partial charge in [0.05, 0.1) is 6.26 Å². The molecule has 0 spiro atoms. The maximum atomic E-state index is 11.9. The minimum absolute atomic E-state index is 0.161. The molecule has 1 aromatic carbocycles. The lowest BCUT2D eigenvalue weighted by Gasteiger charge is -2.05. The molecular formula is C16H12O5. The number of rotatable bonds is 5. The van der Waals surface area contributed by atoms with Crippen LogP contribution in [0.3, 0.4) is 0 Å². The van der Waals surface area contributed by atoms with Gasteiger partial charge in [-0.1, -0.05) is 6.08 Å². The highest BCUT2D eigenvalue weighted by Gasteiger charge is 2.16. The Morgan fingerprint density at radius 1 is 1.24 bits per heavy atom. The normalized spacial score (nSPS) is 12.8. The van der Waals surface area contributed by atoms with Gasteiger partial charge in [-0.15, -0.1) is 0 Å². The summed E-state index contributed by atoms with van der Waals surface area (Å²) in [7, 11) is 0. The monoisotopic (exact) mass is 284 g/mol. The van der Waals surface area contributed by atoms with Crippen LogP contribution in [0.4, 0.5) is 0 Å². The highest BCUT2D eigenvalue weighted by molar-refractivity contribution is 6.05. The van der Waals surface area contributed by atoms with Gasteiger partial charge < -0.3 is 18.7 Å². The summed E-state index contributed by atoms with van der Waals surface area (Å²) >= 11 is 0. The Morgan fingerprint density at radius 2 is 2.05 bits per heavy atom. The van der Waals surface area contributed by atoms with Crippen molar-refractivity contribution < 1.29 is 23.5 Å². The van der Waals surface area contributed by atoms with Crippen molar-refractivity contribution in [2.24, 2.45) is 0 Å². The van der Waals surface area contributed by atoms with Crippen molar-refractivity contribution in [2.75, 3.05) is 6.79 Å². The molecule has 0 saturated carbocycles. The Kier molecular flexibility index (Phi) is 3.55. The van der Waals surface area contributed by atoms with Gasteiger partial charge in [0.15, 0.2) is 17.3 Å². The van der Waals surface area contributed by atoms with Gasteiger partial charge in [-0.3, -0.25) is 4.79 Å². The van der Waals surface area contributed by atoms with Gasteiger partial charge in [0, 0.05) is 6.42 Å². The molecule has 1 aromatic heterocycles. The van der Waals surface area contributed by atoms with Crippen LogP contribution in [0.1, 0.15) is 21.7 Å². The van der Waals surface area contributed by atoms with Crippen LogP contribution in [0.5, 0.6) is 11.5 Å². The Balaban J connectivity index is 1.90. The molecule has 1 aliphatic heterocycles. The number of fused-ring (bicyclic) bond motifs is 1. The third-order valence-electron chi connectivity index (χ3n) is 3.12. The number of allylic oxidation sites excluding steroid dienone is 1.